The van der Waals surface area contributed by atoms with Crippen molar-refractivity contribution in [3.8, 4) is 5.75 Å². The lowest BCUT2D eigenvalue weighted by Crippen LogP contribution is -2.20. The zero-order chi connectivity index (χ0) is 19.2. The molecule has 3 aromatic rings. The number of furan rings is 1. The van der Waals surface area contributed by atoms with Crippen molar-refractivity contribution in [1.82, 2.24) is 5.32 Å². The lowest BCUT2D eigenvalue weighted by atomic mass is 10.1. The van der Waals surface area contributed by atoms with Crippen LogP contribution in [-0.2, 0) is 9.59 Å². The molecule has 0 spiro atoms. The number of amides is 2. The average Bonchev–Trinajstić information content (AvgIpc) is 3.01. The Kier molecular flexibility index (Phi) is 5.96. The van der Waals surface area contributed by atoms with Crippen molar-refractivity contribution in [2.45, 2.75) is 32.6 Å². The van der Waals surface area contributed by atoms with Gasteiger partial charge in [-0.3, -0.25) is 9.59 Å². The first-order chi connectivity index (χ1) is 13.1. The summed E-state index contributed by atoms with van der Waals surface area (Å²) in [6.45, 7) is 2.15. The Balaban J connectivity index is 1.64. The number of hydrogen-bond donors (Lipinski definition) is 2. The summed E-state index contributed by atoms with van der Waals surface area (Å²) < 4.78 is 11.3. The lowest BCUT2D eigenvalue weighted by Gasteiger charge is -2.10. The van der Waals surface area contributed by atoms with E-state index in [-0.39, 0.29) is 11.8 Å². The highest BCUT2D eigenvalue weighted by molar-refractivity contribution is 6.07. The van der Waals surface area contributed by atoms with Gasteiger partial charge >= 0.3 is 0 Å². The number of rotatable bonds is 8. The molecule has 6 nitrogen and oxygen atoms in total. The second-order valence-electron chi connectivity index (χ2n) is 6.49. The number of ether oxygens (including phenoxy) is 1. The molecule has 0 fully saturated rings. The summed E-state index contributed by atoms with van der Waals surface area (Å²) in [5.74, 6) is 0.511. The molecule has 142 valence electrons. The Morgan fingerprint density at radius 2 is 1.85 bits per heavy atom. The Morgan fingerprint density at radius 1 is 1.04 bits per heavy atom. The zero-order valence-electron chi connectivity index (χ0n) is 15.6. The Bertz CT molecular complexity index is 961. The van der Waals surface area contributed by atoms with E-state index in [9.17, 15) is 9.59 Å². The third kappa shape index (κ3) is 4.58. The van der Waals surface area contributed by atoms with Gasteiger partial charge in [-0.1, -0.05) is 24.6 Å². The quantitative estimate of drug-likeness (QED) is 0.583. The number of para-hydroxylation sites is 1. The van der Waals surface area contributed by atoms with Crippen molar-refractivity contribution in [3.63, 3.8) is 0 Å². The fraction of sp³-hybridized carbons (Fsp3) is 0.333. The lowest BCUT2D eigenvalue weighted by molar-refractivity contribution is -0.119. The SMILES string of the molecule is COc1cc2c(cc1NC(=O)CCCCCNC(C)=O)oc1ccccc12. The number of unbranched alkanes of at least 4 members (excludes halogenated alkanes) is 2. The molecule has 6 heteroatoms. The summed E-state index contributed by atoms with van der Waals surface area (Å²) in [5.41, 5.74) is 2.12. The first kappa shape index (κ1) is 18.8. The van der Waals surface area contributed by atoms with Crippen LogP contribution in [0.5, 0.6) is 5.75 Å². The molecule has 2 aromatic carbocycles. The van der Waals surface area contributed by atoms with Gasteiger partial charge in [0, 0.05) is 36.7 Å². The van der Waals surface area contributed by atoms with E-state index in [1.165, 1.54) is 6.92 Å². The Labute approximate surface area is 157 Å². The van der Waals surface area contributed by atoms with Crippen molar-refractivity contribution >= 4 is 39.4 Å². The van der Waals surface area contributed by atoms with Crippen molar-refractivity contribution in [3.05, 3.63) is 36.4 Å². The first-order valence-corrected chi connectivity index (χ1v) is 9.12. The summed E-state index contributed by atoms with van der Waals surface area (Å²) in [6.07, 6.45) is 2.93. The normalized spacial score (nSPS) is 10.9. The number of carbonyl (C=O) groups excluding carboxylic acids is 2. The first-order valence-electron chi connectivity index (χ1n) is 9.12. The van der Waals surface area contributed by atoms with Gasteiger partial charge in [0.05, 0.1) is 12.8 Å². The molecule has 0 saturated carbocycles. The van der Waals surface area contributed by atoms with Crippen LogP contribution in [0.4, 0.5) is 5.69 Å². The molecule has 0 unspecified atom stereocenters. The minimum absolute atomic E-state index is 0.0270. The highest BCUT2D eigenvalue weighted by Gasteiger charge is 2.14. The maximum Gasteiger partial charge on any atom is 0.224 e. The number of anilines is 1. The molecule has 2 N–H and O–H groups in total. The Morgan fingerprint density at radius 3 is 2.63 bits per heavy atom. The number of carbonyl (C=O) groups is 2. The van der Waals surface area contributed by atoms with Gasteiger partial charge in [0.1, 0.15) is 16.9 Å². The van der Waals surface area contributed by atoms with E-state index in [2.05, 4.69) is 10.6 Å². The number of fused-ring (bicyclic) bond motifs is 3. The van der Waals surface area contributed by atoms with Crippen LogP contribution in [0.25, 0.3) is 21.9 Å². The van der Waals surface area contributed by atoms with Crippen LogP contribution in [0, 0.1) is 0 Å². The van der Waals surface area contributed by atoms with Gasteiger partial charge in [0.2, 0.25) is 11.8 Å². The van der Waals surface area contributed by atoms with Gasteiger partial charge in [-0.25, -0.2) is 0 Å². The van der Waals surface area contributed by atoms with E-state index in [1.54, 1.807) is 7.11 Å². The van der Waals surface area contributed by atoms with Crippen LogP contribution in [-0.4, -0.2) is 25.5 Å². The molecule has 0 bridgehead atoms. The van der Waals surface area contributed by atoms with E-state index < -0.39 is 0 Å². The molecule has 0 aliphatic heterocycles. The fourth-order valence-corrected chi connectivity index (χ4v) is 3.08. The smallest absolute Gasteiger partial charge is 0.224 e. The molecule has 0 aliphatic carbocycles. The van der Waals surface area contributed by atoms with Crippen LogP contribution >= 0.6 is 0 Å². The summed E-state index contributed by atoms with van der Waals surface area (Å²) in [7, 11) is 1.58. The molecule has 2 amide bonds. The maximum atomic E-state index is 12.3. The monoisotopic (exact) mass is 368 g/mol. The number of methoxy groups -OCH3 is 1. The molecule has 0 saturated heterocycles. The van der Waals surface area contributed by atoms with Gasteiger partial charge < -0.3 is 19.8 Å². The van der Waals surface area contributed by atoms with Gasteiger partial charge in [0.15, 0.2) is 0 Å². The fourth-order valence-electron chi connectivity index (χ4n) is 3.08. The predicted octanol–water partition coefficient (Wildman–Crippen LogP) is 4.23. The zero-order valence-corrected chi connectivity index (χ0v) is 15.6. The molecule has 0 atom stereocenters. The molecule has 1 aromatic heterocycles. The van der Waals surface area contributed by atoms with Gasteiger partial charge in [0.25, 0.3) is 0 Å². The van der Waals surface area contributed by atoms with Crippen molar-refractivity contribution in [2.24, 2.45) is 0 Å². The minimum Gasteiger partial charge on any atom is -0.495 e. The van der Waals surface area contributed by atoms with E-state index >= 15 is 0 Å². The Hall–Kier alpha value is -3.02. The number of nitrogens with one attached hydrogen (secondary N) is 2. The average molecular weight is 368 g/mol. The molecular formula is C21H24N2O4. The van der Waals surface area contributed by atoms with Crippen LogP contribution in [0.15, 0.2) is 40.8 Å². The number of hydrogen-bond acceptors (Lipinski definition) is 4. The maximum absolute atomic E-state index is 12.3. The number of benzene rings is 2. The van der Waals surface area contributed by atoms with E-state index in [4.69, 9.17) is 9.15 Å². The second-order valence-corrected chi connectivity index (χ2v) is 6.49. The van der Waals surface area contributed by atoms with Gasteiger partial charge in [-0.2, -0.15) is 0 Å². The molecule has 27 heavy (non-hydrogen) atoms. The van der Waals surface area contributed by atoms with Crippen LogP contribution in [0.1, 0.15) is 32.6 Å². The van der Waals surface area contributed by atoms with E-state index in [0.29, 0.717) is 30.0 Å². The minimum atomic E-state index is -0.0664. The standard InChI is InChI=1S/C21H24N2O4/c1-14(24)22-11-7-3-4-10-21(25)23-17-13-19-16(12-20(17)26-2)15-8-5-6-9-18(15)27-19/h5-6,8-9,12-13H,3-4,7,10-11H2,1-2H3,(H,22,24)(H,23,25). The summed E-state index contributed by atoms with van der Waals surface area (Å²) >= 11 is 0. The van der Waals surface area contributed by atoms with E-state index in [0.717, 1.165) is 35.6 Å². The van der Waals surface area contributed by atoms with Crippen LogP contribution in [0.2, 0.25) is 0 Å². The van der Waals surface area contributed by atoms with Gasteiger partial charge in [-0.05, 0) is 25.0 Å². The van der Waals surface area contributed by atoms with Crippen molar-refractivity contribution < 1.29 is 18.7 Å². The largest absolute Gasteiger partial charge is 0.495 e. The van der Waals surface area contributed by atoms with E-state index in [1.807, 2.05) is 36.4 Å². The molecule has 0 aliphatic rings. The van der Waals surface area contributed by atoms with Crippen LogP contribution in [0.3, 0.4) is 0 Å². The van der Waals surface area contributed by atoms with Crippen molar-refractivity contribution in [1.29, 1.82) is 0 Å². The molecule has 0 radical (unpaired) electrons. The molecule has 1 heterocycles. The van der Waals surface area contributed by atoms with Crippen LogP contribution < -0.4 is 15.4 Å². The predicted molar refractivity (Wildman–Crippen MR) is 106 cm³/mol. The second kappa shape index (κ2) is 8.58. The summed E-state index contributed by atoms with van der Waals surface area (Å²) in [6, 6.07) is 11.5. The summed E-state index contributed by atoms with van der Waals surface area (Å²) in [5, 5.41) is 7.64. The summed E-state index contributed by atoms with van der Waals surface area (Å²) in [4.78, 5) is 23.1. The third-order valence-corrected chi connectivity index (χ3v) is 4.43. The molecule has 3 rings (SSSR count). The van der Waals surface area contributed by atoms with Gasteiger partial charge in [-0.15, -0.1) is 0 Å². The highest BCUT2D eigenvalue weighted by atomic mass is 16.5. The topological polar surface area (TPSA) is 80.6 Å². The highest BCUT2D eigenvalue weighted by Crippen LogP contribution is 2.36. The van der Waals surface area contributed by atoms with Crippen molar-refractivity contribution in [2.75, 3.05) is 19.0 Å². The third-order valence-electron chi connectivity index (χ3n) is 4.43. The molecular weight excluding hydrogens is 344 g/mol.